The van der Waals surface area contributed by atoms with Crippen molar-refractivity contribution in [2.75, 3.05) is 64.6 Å². The van der Waals surface area contributed by atoms with E-state index in [1.54, 1.807) is 44.8 Å². The molecule has 1 N–H and O–H groups in total. The molecule has 8 rings (SSSR count). The van der Waals surface area contributed by atoms with Gasteiger partial charge in [0.05, 0.1) is 29.0 Å². The molecule has 14 nitrogen and oxygen atoms in total. The van der Waals surface area contributed by atoms with Crippen molar-refractivity contribution in [3.63, 3.8) is 0 Å². The molecule has 3 saturated heterocycles. The summed E-state index contributed by atoms with van der Waals surface area (Å²) >= 11 is 6.57. The number of aryl methyl sites for hydroxylation is 1. The number of carbonyl (C=O) groups is 5. The highest BCUT2D eigenvalue weighted by molar-refractivity contribution is 7.70. The number of nitrogens with zero attached hydrogens (tertiary/aromatic N) is 6. The lowest BCUT2D eigenvalue weighted by Gasteiger charge is -2.43. The molecule has 0 aliphatic carbocycles. The number of carbonyl (C=O) groups excluding carboxylic acids is 5. The maximum absolute atomic E-state index is 13.5. The first kappa shape index (κ1) is 44.2. The van der Waals surface area contributed by atoms with E-state index < -0.39 is 36.8 Å². The molecule has 5 amide bonds. The monoisotopic (exact) mass is 893 g/mol. The molecule has 0 bridgehead atoms. The topological polar surface area (TPSA) is 162 Å². The van der Waals surface area contributed by atoms with E-state index in [0.29, 0.717) is 73.3 Å². The molecule has 1 unspecified atom stereocenters. The molecule has 0 spiro atoms. The SMILES string of the molecule is COc1cc(N2CCC(N3CCN(C(=O)CCCc4cccc5c4C(=O)N(C4CCC(=O)NC4=O)C5=O)CC3)CC2)ccc1Cc1ncc(Cl)c(Cc2ccccc2P(C)(C)=O)n1. The Balaban J connectivity index is 0.801. The number of hydrogen-bond acceptors (Lipinski definition) is 11. The number of benzene rings is 3. The molecule has 16 heteroatoms. The van der Waals surface area contributed by atoms with Crippen LogP contribution in [0.5, 0.6) is 5.75 Å². The Morgan fingerprint density at radius 2 is 1.62 bits per heavy atom. The first-order valence-electron chi connectivity index (χ1n) is 21.7. The lowest BCUT2D eigenvalue weighted by molar-refractivity contribution is -0.136. The number of fused-ring (bicyclic) bond motifs is 1. The molecule has 0 saturated carbocycles. The summed E-state index contributed by atoms with van der Waals surface area (Å²) < 4.78 is 18.8. The molecule has 0 radical (unpaired) electrons. The third-order valence-electron chi connectivity index (χ3n) is 12.8. The van der Waals surface area contributed by atoms with Gasteiger partial charge < -0.3 is 19.1 Å². The van der Waals surface area contributed by atoms with Crippen LogP contribution in [0, 0.1) is 0 Å². The van der Waals surface area contributed by atoms with Gasteiger partial charge >= 0.3 is 0 Å². The standard InChI is InChI=1S/C47H53ClN7O7P/c1-62-39-28-34(15-14-31(39)27-41-49-29-36(48)37(50-41)26-32-8-4-5-12-40(32)63(2,3)61)52-20-18-33(19-21-52)53-22-24-54(25-23-53)43(57)13-7-10-30-9-6-11-35-44(30)47(60)55(46(35)59)38-16-17-42(56)51-45(38)58/h4-6,8-9,11-12,14-15,28-29,33,38H,7,10,13,16-27H2,1-3H3,(H,51,56,58). The van der Waals surface area contributed by atoms with E-state index in [0.717, 1.165) is 71.8 Å². The summed E-state index contributed by atoms with van der Waals surface area (Å²) in [7, 11) is -0.809. The van der Waals surface area contributed by atoms with Crippen molar-refractivity contribution < 1.29 is 33.3 Å². The first-order chi connectivity index (χ1) is 30.3. The number of piperidine rings is 2. The number of piperazine rings is 1. The summed E-state index contributed by atoms with van der Waals surface area (Å²) in [4.78, 5) is 81.4. The number of nitrogens with one attached hydrogen (secondary N) is 1. The highest BCUT2D eigenvalue weighted by Gasteiger charge is 2.45. The van der Waals surface area contributed by atoms with Crippen LogP contribution < -0.4 is 20.3 Å². The van der Waals surface area contributed by atoms with E-state index >= 15 is 0 Å². The van der Waals surface area contributed by atoms with E-state index in [2.05, 4.69) is 38.3 Å². The number of imide groups is 2. The van der Waals surface area contributed by atoms with Gasteiger partial charge in [0.15, 0.2) is 0 Å². The number of aromatic nitrogens is 2. The van der Waals surface area contributed by atoms with Crippen molar-refractivity contribution in [3.05, 3.63) is 111 Å². The fourth-order valence-corrected chi connectivity index (χ4v) is 10.9. The van der Waals surface area contributed by atoms with Gasteiger partial charge in [0.2, 0.25) is 17.7 Å². The maximum Gasteiger partial charge on any atom is 0.262 e. The lowest BCUT2D eigenvalue weighted by atomic mass is 9.98. The van der Waals surface area contributed by atoms with Crippen LogP contribution in [0.3, 0.4) is 0 Å². The van der Waals surface area contributed by atoms with E-state index in [4.69, 9.17) is 21.3 Å². The average molecular weight is 894 g/mol. The van der Waals surface area contributed by atoms with Crippen LogP contribution in [0.2, 0.25) is 5.02 Å². The number of halogens is 1. The molecular weight excluding hydrogens is 841 g/mol. The second-order valence-corrected chi connectivity index (χ2v) is 20.8. The number of rotatable bonds is 13. The van der Waals surface area contributed by atoms with Gasteiger partial charge in [-0.15, -0.1) is 0 Å². The first-order valence-corrected chi connectivity index (χ1v) is 24.7. The molecule has 63 heavy (non-hydrogen) atoms. The molecule has 3 fully saturated rings. The minimum Gasteiger partial charge on any atom is -0.496 e. The number of methoxy groups -OCH3 is 1. The van der Waals surface area contributed by atoms with Gasteiger partial charge in [-0.1, -0.05) is 54.1 Å². The Hall–Kier alpha value is -5.43. The quantitative estimate of drug-likeness (QED) is 0.140. The number of hydrogen-bond donors (Lipinski definition) is 1. The molecular formula is C47H53ClN7O7P. The molecule has 330 valence electrons. The Labute approximate surface area is 372 Å². The van der Waals surface area contributed by atoms with Gasteiger partial charge in [-0.2, -0.15) is 0 Å². The Morgan fingerprint density at radius 3 is 2.35 bits per heavy atom. The zero-order valence-electron chi connectivity index (χ0n) is 36.0. The highest BCUT2D eigenvalue weighted by atomic mass is 35.5. The van der Waals surface area contributed by atoms with Gasteiger partial charge in [0, 0.05) is 99.8 Å². The summed E-state index contributed by atoms with van der Waals surface area (Å²) in [6, 6.07) is 18.6. The summed E-state index contributed by atoms with van der Waals surface area (Å²) in [5.74, 6) is -0.624. The van der Waals surface area contributed by atoms with Gasteiger partial charge in [-0.05, 0) is 68.7 Å². The lowest BCUT2D eigenvalue weighted by Crippen LogP contribution is -2.54. The summed E-state index contributed by atoms with van der Waals surface area (Å²) in [6.07, 6.45) is 6.05. The van der Waals surface area contributed by atoms with Gasteiger partial charge in [-0.3, -0.25) is 39.1 Å². The van der Waals surface area contributed by atoms with Crippen LogP contribution in [0.25, 0.3) is 0 Å². The Morgan fingerprint density at radius 1 is 0.873 bits per heavy atom. The second-order valence-electron chi connectivity index (χ2n) is 17.2. The fraction of sp³-hybridized carbons (Fsp3) is 0.426. The van der Waals surface area contributed by atoms with Crippen molar-refractivity contribution in [1.82, 2.24) is 30.0 Å². The normalized spacial score (nSPS) is 18.8. The average Bonchev–Trinajstić information content (AvgIpc) is 3.53. The largest absolute Gasteiger partial charge is 0.496 e. The van der Waals surface area contributed by atoms with E-state index in [1.807, 2.05) is 29.2 Å². The zero-order chi connectivity index (χ0) is 44.4. The van der Waals surface area contributed by atoms with Crippen LogP contribution in [-0.4, -0.2) is 126 Å². The van der Waals surface area contributed by atoms with Crippen LogP contribution in [-0.2, 0) is 38.2 Å². The molecule has 4 aliphatic rings. The van der Waals surface area contributed by atoms with Crippen molar-refractivity contribution in [2.24, 2.45) is 0 Å². The van der Waals surface area contributed by atoms with Crippen LogP contribution in [0.15, 0.2) is 66.9 Å². The maximum atomic E-state index is 13.5. The van der Waals surface area contributed by atoms with Crippen molar-refractivity contribution in [2.45, 2.75) is 69.9 Å². The summed E-state index contributed by atoms with van der Waals surface area (Å²) in [5, 5.41) is 3.54. The Kier molecular flexibility index (Phi) is 13.1. The highest BCUT2D eigenvalue weighted by Crippen LogP contribution is 2.37. The number of anilines is 1. The van der Waals surface area contributed by atoms with E-state index in [-0.39, 0.29) is 29.9 Å². The molecule has 1 atom stereocenters. The number of ether oxygens (including phenoxy) is 1. The molecule has 5 heterocycles. The third-order valence-corrected chi connectivity index (χ3v) is 14.7. The van der Waals surface area contributed by atoms with Crippen molar-refractivity contribution in [3.8, 4) is 5.75 Å². The smallest absolute Gasteiger partial charge is 0.262 e. The van der Waals surface area contributed by atoms with Crippen molar-refractivity contribution in [1.29, 1.82) is 0 Å². The summed E-state index contributed by atoms with van der Waals surface area (Å²) in [6.45, 7) is 8.32. The number of amides is 5. The Bertz CT molecular complexity index is 2500. The molecule has 3 aromatic carbocycles. The van der Waals surface area contributed by atoms with Crippen LogP contribution in [0.4, 0.5) is 5.69 Å². The minimum absolute atomic E-state index is 0.0635. The second kappa shape index (κ2) is 18.7. The van der Waals surface area contributed by atoms with Gasteiger partial charge in [-0.25, -0.2) is 9.97 Å². The minimum atomic E-state index is -2.49. The van der Waals surface area contributed by atoms with Crippen LogP contribution in [0.1, 0.15) is 87.4 Å². The molecule has 1 aromatic heterocycles. The molecule has 4 aromatic rings. The molecule has 4 aliphatic heterocycles. The van der Waals surface area contributed by atoms with E-state index in [9.17, 15) is 28.5 Å². The fourth-order valence-electron chi connectivity index (χ4n) is 9.47. The van der Waals surface area contributed by atoms with Gasteiger partial charge in [0.1, 0.15) is 24.8 Å². The van der Waals surface area contributed by atoms with Gasteiger partial charge in [0.25, 0.3) is 11.8 Å². The predicted molar refractivity (Wildman–Crippen MR) is 241 cm³/mol. The summed E-state index contributed by atoms with van der Waals surface area (Å²) in [5.41, 5.74) is 4.94. The van der Waals surface area contributed by atoms with Crippen LogP contribution >= 0.6 is 18.7 Å². The third kappa shape index (κ3) is 9.59. The zero-order valence-corrected chi connectivity index (χ0v) is 37.6. The van der Waals surface area contributed by atoms with Crippen molar-refractivity contribution >= 4 is 59.3 Å². The van der Waals surface area contributed by atoms with E-state index in [1.165, 1.54) is 0 Å². The predicted octanol–water partition coefficient (Wildman–Crippen LogP) is 5.11.